The van der Waals surface area contributed by atoms with Gasteiger partial charge in [-0.1, -0.05) is 19.3 Å². The van der Waals surface area contributed by atoms with Gasteiger partial charge in [0.15, 0.2) is 0 Å². The third kappa shape index (κ3) is 2.61. The molecule has 1 amide bonds. The number of hydrogen-bond acceptors (Lipinski definition) is 2. The van der Waals surface area contributed by atoms with Crippen molar-refractivity contribution in [3.63, 3.8) is 0 Å². The molecule has 0 heterocycles. The van der Waals surface area contributed by atoms with E-state index in [0.29, 0.717) is 6.42 Å². The van der Waals surface area contributed by atoms with E-state index >= 15 is 0 Å². The van der Waals surface area contributed by atoms with E-state index in [1.54, 1.807) is 0 Å². The lowest BCUT2D eigenvalue weighted by Crippen LogP contribution is -2.53. The number of carboxylic acid groups (broad SMARTS) is 1. The van der Waals surface area contributed by atoms with Gasteiger partial charge in [-0.2, -0.15) is 0 Å². The number of nitrogens with one attached hydrogen (secondary N) is 1. The van der Waals surface area contributed by atoms with Gasteiger partial charge in [0.2, 0.25) is 5.91 Å². The number of carbonyl (C=O) groups excluding carboxylic acids is 1. The molecule has 0 aromatic rings. The molecule has 4 nitrogen and oxygen atoms in total. The topological polar surface area (TPSA) is 66.4 Å². The first-order valence-corrected chi connectivity index (χ1v) is 6.57. The summed E-state index contributed by atoms with van der Waals surface area (Å²) >= 11 is 0. The molecule has 17 heavy (non-hydrogen) atoms. The summed E-state index contributed by atoms with van der Waals surface area (Å²) in [5.41, 5.74) is -0.103. The monoisotopic (exact) mass is 239 g/mol. The lowest BCUT2D eigenvalue weighted by molar-refractivity contribution is -0.153. The van der Waals surface area contributed by atoms with Crippen LogP contribution in [0.4, 0.5) is 0 Å². The molecule has 2 aliphatic carbocycles. The van der Waals surface area contributed by atoms with Crippen LogP contribution in [0.15, 0.2) is 0 Å². The van der Waals surface area contributed by atoms with Crippen LogP contribution in [0, 0.1) is 11.8 Å². The Hall–Kier alpha value is -1.06. The molecule has 2 atom stereocenters. The maximum atomic E-state index is 12.0. The third-order valence-corrected chi connectivity index (χ3v) is 4.31. The Kier molecular flexibility index (Phi) is 3.40. The average Bonchev–Trinajstić information content (AvgIpc) is 2.14. The zero-order valence-electron chi connectivity index (χ0n) is 10.4. The van der Waals surface area contributed by atoms with Gasteiger partial charge in [0.1, 0.15) is 0 Å². The van der Waals surface area contributed by atoms with E-state index in [4.69, 9.17) is 5.11 Å². The minimum Gasteiger partial charge on any atom is -0.481 e. The van der Waals surface area contributed by atoms with Gasteiger partial charge in [-0.3, -0.25) is 9.59 Å². The summed E-state index contributed by atoms with van der Waals surface area (Å²) in [6, 6.07) is 0. The van der Waals surface area contributed by atoms with Gasteiger partial charge < -0.3 is 10.4 Å². The molecule has 0 spiro atoms. The quantitative estimate of drug-likeness (QED) is 0.791. The minimum atomic E-state index is -0.829. The predicted molar refractivity (Wildman–Crippen MR) is 63.5 cm³/mol. The van der Waals surface area contributed by atoms with Crippen molar-refractivity contribution in [1.29, 1.82) is 0 Å². The first-order valence-electron chi connectivity index (χ1n) is 6.57. The normalized spacial score (nSPS) is 31.4. The highest BCUT2D eigenvalue weighted by atomic mass is 16.4. The Balaban J connectivity index is 1.90. The number of rotatable bonds is 3. The van der Waals surface area contributed by atoms with Crippen LogP contribution in [-0.4, -0.2) is 22.5 Å². The Morgan fingerprint density at radius 3 is 2.18 bits per heavy atom. The molecule has 0 radical (unpaired) electrons. The molecular weight excluding hydrogens is 218 g/mol. The summed E-state index contributed by atoms with van der Waals surface area (Å²) in [5.74, 6) is -1.63. The summed E-state index contributed by atoms with van der Waals surface area (Å²) in [6.45, 7) is 2.08. The number of amides is 1. The third-order valence-electron chi connectivity index (χ3n) is 4.31. The summed E-state index contributed by atoms with van der Waals surface area (Å²) in [5, 5.41) is 12.0. The van der Waals surface area contributed by atoms with Crippen LogP contribution < -0.4 is 5.32 Å². The molecule has 4 heteroatoms. The molecule has 0 aromatic carbocycles. The van der Waals surface area contributed by atoms with Crippen molar-refractivity contribution in [3.05, 3.63) is 0 Å². The summed E-state index contributed by atoms with van der Waals surface area (Å²) in [7, 11) is 0. The highest BCUT2D eigenvalue weighted by Crippen LogP contribution is 2.36. The Bertz CT molecular complexity index is 321. The van der Waals surface area contributed by atoms with Crippen LogP contribution in [-0.2, 0) is 9.59 Å². The van der Waals surface area contributed by atoms with E-state index in [1.807, 2.05) is 0 Å². The largest absolute Gasteiger partial charge is 0.481 e. The fraction of sp³-hybridized carbons (Fsp3) is 0.846. The molecule has 96 valence electrons. The molecule has 2 aliphatic rings. The predicted octanol–water partition coefficient (Wildman–Crippen LogP) is 1.94. The van der Waals surface area contributed by atoms with Gasteiger partial charge in [-0.25, -0.2) is 0 Å². The minimum absolute atomic E-state index is 0.0481. The van der Waals surface area contributed by atoms with Crippen LogP contribution in [0.25, 0.3) is 0 Å². The lowest BCUT2D eigenvalue weighted by Gasteiger charge is -2.39. The maximum Gasteiger partial charge on any atom is 0.307 e. The van der Waals surface area contributed by atoms with Crippen LogP contribution >= 0.6 is 0 Å². The van der Waals surface area contributed by atoms with E-state index in [2.05, 4.69) is 12.2 Å². The van der Waals surface area contributed by atoms with Crippen molar-refractivity contribution < 1.29 is 14.7 Å². The Morgan fingerprint density at radius 2 is 1.71 bits per heavy atom. The van der Waals surface area contributed by atoms with Gasteiger partial charge in [0.05, 0.1) is 11.8 Å². The first kappa shape index (κ1) is 12.4. The molecule has 0 saturated heterocycles. The molecule has 2 N–H and O–H groups in total. The highest BCUT2D eigenvalue weighted by molar-refractivity contribution is 5.86. The van der Waals surface area contributed by atoms with Crippen molar-refractivity contribution in [2.24, 2.45) is 11.8 Å². The van der Waals surface area contributed by atoms with Crippen molar-refractivity contribution in [2.75, 3.05) is 0 Å². The summed E-state index contributed by atoms with van der Waals surface area (Å²) < 4.78 is 0. The van der Waals surface area contributed by atoms with Gasteiger partial charge in [-0.05, 0) is 32.6 Å². The second kappa shape index (κ2) is 4.67. The Labute approximate surface area is 102 Å². The van der Waals surface area contributed by atoms with E-state index in [9.17, 15) is 9.59 Å². The van der Waals surface area contributed by atoms with Gasteiger partial charge in [0.25, 0.3) is 0 Å². The molecule has 0 aromatic heterocycles. The van der Waals surface area contributed by atoms with Crippen molar-refractivity contribution in [2.45, 2.75) is 57.4 Å². The zero-order chi connectivity index (χ0) is 12.5. The van der Waals surface area contributed by atoms with Gasteiger partial charge in [-0.15, -0.1) is 0 Å². The molecule has 2 fully saturated rings. The molecule has 0 aliphatic heterocycles. The number of carbonyl (C=O) groups is 2. The summed E-state index contributed by atoms with van der Waals surface area (Å²) in [6.07, 6.45) is 6.95. The molecule has 0 bridgehead atoms. The van der Waals surface area contributed by atoms with Crippen LogP contribution in [0.1, 0.15) is 51.9 Å². The maximum absolute atomic E-state index is 12.0. The highest BCUT2D eigenvalue weighted by Gasteiger charge is 2.43. The van der Waals surface area contributed by atoms with E-state index in [0.717, 1.165) is 32.1 Å². The molecule has 2 saturated carbocycles. The first-order chi connectivity index (χ1) is 8.02. The fourth-order valence-electron chi connectivity index (χ4n) is 2.96. The molecule has 2 unspecified atom stereocenters. The number of carboxylic acids is 1. The van der Waals surface area contributed by atoms with Crippen molar-refractivity contribution in [3.8, 4) is 0 Å². The number of hydrogen-bond donors (Lipinski definition) is 2. The smallest absolute Gasteiger partial charge is 0.307 e. The second-order valence-electron chi connectivity index (χ2n) is 5.74. The van der Waals surface area contributed by atoms with Crippen LogP contribution in [0.5, 0.6) is 0 Å². The zero-order valence-corrected chi connectivity index (χ0v) is 10.4. The van der Waals surface area contributed by atoms with Gasteiger partial charge >= 0.3 is 5.97 Å². The van der Waals surface area contributed by atoms with Crippen molar-refractivity contribution >= 4 is 11.9 Å². The van der Waals surface area contributed by atoms with Crippen LogP contribution in [0.2, 0.25) is 0 Å². The fourth-order valence-corrected chi connectivity index (χ4v) is 2.96. The molecule has 2 rings (SSSR count). The van der Waals surface area contributed by atoms with E-state index < -0.39 is 11.9 Å². The van der Waals surface area contributed by atoms with Crippen LogP contribution in [0.3, 0.4) is 0 Å². The van der Waals surface area contributed by atoms with E-state index in [1.165, 1.54) is 6.42 Å². The number of aliphatic carboxylic acids is 1. The SMILES string of the molecule is CC1(NC(=O)C2CCC2C(=O)O)CCCCC1. The van der Waals surface area contributed by atoms with Crippen molar-refractivity contribution in [1.82, 2.24) is 5.32 Å². The average molecular weight is 239 g/mol. The van der Waals surface area contributed by atoms with E-state index in [-0.39, 0.29) is 17.4 Å². The summed E-state index contributed by atoms with van der Waals surface area (Å²) in [4.78, 5) is 22.9. The Morgan fingerprint density at radius 1 is 1.12 bits per heavy atom. The standard InChI is InChI=1S/C13H21NO3/c1-13(7-3-2-4-8-13)14-11(15)9-5-6-10(9)12(16)17/h9-10H,2-8H2,1H3,(H,14,15)(H,16,17). The molecular formula is C13H21NO3. The second-order valence-corrected chi connectivity index (χ2v) is 5.74. The van der Waals surface area contributed by atoms with Gasteiger partial charge in [0, 0.05) is 5.54 Å². The lowest BCUT2D eigenvalue weighted by atomic mass is 9.72.